The number of nitrogens with two attached hydrogens (primary N) is 1. The molecule has 7 rings (SSSR count). The van der Waals surface area contributed by atoms with Crippen LogP contribution in [0.3, 0.4) is 0 Å². The number of methoxy groups -OCH3 is 1. The normalized spacial score (nSPS) is 27.1. The van der Waals surface area contributed by atoms with E-state index in [0.717, 1.165) is 5.56 Å². The Kier molecular flexibility index (Phi) is 7.42. The number of aliphatic hydroxyl groups excluding tert-OH is 1. The van der Waals surface area contributed by atoms with Gasteiger partial charge in [0.25, 0.3) is 0 Å². The molecule has 1 saturated heterocycles. The predicted octanol–water partition coefficient (Wildman–Crippen LogP) is 3.12. The first-order chi connectivity index (χ1) is 22.0. The SMILES string of the molecule is COc1cccc2c1C(=O)c1c(O)c3c(c(O)c1C2=O)C[C@@](O)(c1csc(-c2ccncc2)n1)C[C@@H]3OC1CC(N)C(O)C(C)O1. The Hall–Kier alpha value is -4.24. The first kappa shape index (κ1) is 30.4. The fourth-order valence-corrected chi connectivity index (χ4v) is 7.62. The lowest BCUT2D eigenvalue weighted by Crippen LogP contribution is -2.52. The molecule has 6 atom stereocenters. The molecule has 4 unspecified atom stereocenters. The van der Waals surface area contributed by atoms with E-state index in [1.807, 2.05) is 0 Å². The molecule has 4 aromatic rings. The highest BCUT2D eigenvalue weighted by Crippen LogP contribution is 2.54. The first-order valence-corrected chi connectivity index (χ1v) is 15.6. The van der Waals surface area contributed by atoms with Crippen molar-refractivity contribution in [1.82, 2.24) is 9.97 Å². The maximum atomic E-state index is 13.9. The number of carbonyl (C=O) groups is 2. The molecular formula is C33H31N3O9S. The molecule has 0 amide bonds. The molecule has 2 aromatic carbocycles. The zero-order chi connectivity index (χ0) is 32.5. The van der Waals surface area contributed by atoms with Gasteiger partial charge in [0, 0.05) is 65.3 Å². The maximum absolute atomic E-state index is 13.9. The van der Waals surface area contributed by atoms with E-state index in [9.17, 15) is 30.0 Å². The second-order valence-corrected chi connectivity index (χ2v) is 12.7. The zero-order valence-electron chi connectivity index (χ0n) is 24.8. The van der Waals surface area contributed by atoms with E-state index in [1.54, 1.807) is 42.9 Å². The van der Waals surface area contributed by atoms with E-state index in [0.29, 0.717) is 10.7 Å². The van der Waals surface area contributed by atoms with Crippen LogP contribution in [0.2, 0.25) is 0 Å². The summed E-state index contributed by atoms with van der Waals surface area (Å²) >= 11 is 1.31. The number of fused-ring (bicyclic) bond motifs is 3. The van der Waals surface area contributed by atoms with Crippen LogP contribution in [0.25, 0.3) is 10.6 Å². The van der Waals surface area contributed by atoms with E-state index < -0.39 is 59.3 Å². The van der Waals surface area contributed by atoms with Crippen LogP contribution in [0.5, 0.6) is 17.2 Å². The molecule has 238 valence electrons. The van der Waals surface area contributed by atoms with Crippen molar-refractivity contribution in [2.24, 2.45) is 5.73 Å². The lowest BCUT2D eigenvalue weighted by atomic mass is 9.72. The maximum Gasteiger partial charge on any atom is 0.202 e. The largest absolute Gasteiger partial charge is 0.507 e. The van der Waals surface area contributed by atoms with Crippen LogP contribution in [0.1, 0.15) is 74.5 Å². The van der Waals surface area contributed by atoms with Crippen LogP contribution in [-0.4, -0.2) is 73.6 Å². The van der Waals surface area contributed by atoms with Gasteiger partial charge >= 0.3 is 0 Å². The minimum atomic E-state index is -1.73. The summed E-state index contributed by atoms with van der Waals surface area (Å²) in [4.78, 5) is 36.5. The average molecular weight is 646 g/mol. The second-order valence-electron chi connectivity index (χ2n) is 11.9. The molecule has 1 aliphatic heterocycles. The molecule has 0 saturated carbocycles. The van der Waals surface area contributed by atoms with Crippen molar-refractivity contribution in [3.63, 3.8) is 0 Å². The summed E-state index contributed by atoms with van der Waals surface area (Å²) in [5.41, 5.74) is 4.83. The number of phenols is 2. The molecule has 1 fully saturated rings. The van der Waals surface area contributed by atoms with Crippen LogP contribution in [0.15, 0.2) is 48.1 Å². The lowest BCUT2D eigenvalue weighted by Gasteiger charge is -2.42. The number of phenolic OH excluding ortho intramolecular Hbond substituents is 2. The summed E-state index contributed by atoms with van der Waals surface area (Å²) in [7, 11) is 1.36. The third-order valence-electron chi connectivity index (χ3n) is 9.05. The van der Waals surface area contributed by atoms with Gasteiger partial charge < -0.3 is 40.4 Å². The number of thiazole rings is 1. The third kappa shape index (κ3) is 4.70. The lowest BCUT2D eigenvalue weighted by molar-refractivity contribution is -0.248. The topological polar surface area (TPSA) is 195 Å². The van der Waals surface area contributed by atoms with Gasteiger partial charge in [0.15, 0.2) is 12.1 Å². The molecule has 3 aliphatic rings. The number of aromatic nitrogens is 2. The van der Waals surface area contributed by atoms with Crippen molar-refractivity contribution in [2.45, 2.75) is 62.4 Å². The summed E-state index contributed by atoms with van der Waals surface area (Å²) in [6, 6.07) is 7.45. The van der Waals surface area contributed by atoms with E-state index in [4.69, 9.17) is 24.9 Å². The minimum absolute atomic E-state index is 0.0176. The quantitative estimate of drug-likeness (QED) is 0.176. The van der Waals surface area contributed by atoms with Crippen LogP contribution in [0, 0.1) is 0 Å². The van der Waals surface area contributed by atoms with Gasteiger partial charge in [-0.3, -0.25) is 14.6 Å². The smallest absolute Gasteiger partial charge is 0.202 e. The molecule has 13 heteroatoms. The Labute approximate surface area is 267 Å². The van der Waals surface area contributed by atoms with Crippen LogP contribution >= 0.6 is 11.3 Å². The number of ketones is 2. The number of pyridine rings is 1. The molecule has 0 spiro atoms. The van der Waals surface area contributed by atoms with Crippen molar-refractivity contribution in [2.75, 3.05) is 7.11 Å². The Bertz CT molecular complexity index is 1870. The highest BCUT2D eigenvalue weighted by molar-refractivity contribution is 7.13. The molecule has 2 aromatic heterocycles. The van der Waals surface area contributed by atoms with E-state index in [-0.39, 0.29) is 58.4 Å². The van der Waals surface area contributed by atoms with Crippen molar-refractivity contribution in [1.29, 1.82) is 0 Å². The molecule has 0 radical (unpaired) electrons. The van der Waals surface area contributed by atoms with Crippen molar-refractivity contribution in [3.05, 3.63) is 87.2 Å². The number of hydrogen-bond acceptors (Lipinski definition) is 13. The van der Waals surface area contributed by atoms with Gasteiger partial charge in [-0.1, -0.05) is 12.1 Å². The second kappa shape index (κ2) is 11.2. The Morgan fingerprint density at radius 2 is 1.80 bits per heavy atom. The predicted molar refractivity (Wildman–Crippen MR) is 164 cm³/mol. The first-order valence-electron chi connectivity index (χ1n) is 14.7. The van der Waals surface area contributed by atoms with Crippen molar-refractivity contribution in [3.8, 4) is 27.8 Å². The standard InChI is InChI=1S/C33H31N3O9S/c1-14-27(37)18(34)10-22(44-14)45-20-12-33(42,21-13-46-32(36-21)15-6-8-35-9-7-15)11-17-24(20)31(41)26-25(29(17)39)28(38)16-4-3-5-19(43-2)23(16)30(26)40/h3-9,13-14,18,20,22,27,37,39,41-42H,10-12,34H2,1-2H3/t14?,18?,20-,22?,27?,33-/m0/s1. The minimum Gasteiger partial charge on any atom is -0.507 e. The Morgan fingerprint density at radius 1 is 1.07 bits per heavy atom. The van der Waals surface area contributed by atoms with Gasteiger partial charge in [0.05, 0.1) is 47.8 Å². The molecule has 46 heavy (non-hydrogen) atoms. The number of hydrogen-bond donors (Lipinski definition) is 5. The summed E-state index contributed by atoms with van der Waals surface area (Å²) in [5, 5.41) is 48.5. The number of rotatable bonds is 5. The molecule has 6 N–H and O–H groups in total. The number of nitrogens with zero attached hydrogens (tertiary/aromatic N) is 2. The number of carbonyl (C=O) groups excluding carboxylic acids is 2. The third-order valence-corrected chi connectivity index (χ3v) is 9.94. The summed E-state index contributed by atoms with van der Waals surface area (Å²) < 4.78 is 17.6. The molecule has 3 heterocycles. The van der Waals surface area contributed by atoms with Crippen LogP contribution in [-0.2, 0) is 21.5 Å². The fourth-order valence-electron chi connectivity index (χ4n) is 6.70. The summed E-state index contributed by atoms with van der Waals surface area (Å²) in [6.07, 6.45) is -0.766. The van der Waals surface area contributed by atoms with Crippen molar-refractivity contribution >= 4 is 22.9 Å². The summed E-state index contributed by atoms with van der Waals surface area (Å²) in [5.74, 6) is -2.33. The number of aromatic hydroxyl groups is 2. The Balaban J connectivity index is 1.38. The molecule has 12 nitrogen and oxygen atoms in total. The number of aliphatic hydroxyl groups is 2. The zero-order valence-corrected chi connectivity index (χ0v) is 25.7. The van der Waals surface area contributed by atoms with E-state index in [2.05, 4.69) is 4.98 Å². The number of ether oxygens (including phenoxy) is 3. The average Bonchev–Trinajstić information content (AvgIpc) is 3.56. The molecular weight excluding hydrogens is 614 g/mol. The highest BCUT2D eigenvalue weighted by atomic mass is 32.1. The van der Waals surface area contributed by atoms with Gasteiger partial charge in [0.2, 0.25) is 5.78 Å². The van der Waals surface area contributed by atoms with Gasteiger partial charge in [-0.2, -0.15) is 0 Å². The van der Waals surface area contributed by atoms with E-state index >= 15 is 0 Å². The van der Waals surface area contributed by atoms with E-state index in [1.165, 1.54) is 30.6 Å². The highest BCUT2D eigenvalue weighted by Gasteiger charge is 2.49. The van der Waals surface area contributed by atoms with Gasteiger partial charge in [-0.25, -0.2) is 4.98 Å². The summed E-state index contributed by atoms with van der Waals surface area (Å²) in [6.45, 7) is 1.65. The van der Waals surface area contributed by atoms with Crippen LogP contribution in [0.4, 0.5) is 0 Å². The molecule has 0 bridgehead atoms. The number of benzene rings is 2. The Morgan fingerprint density at radius 3 is 2.52 bits per heavy atom. The van der Waals surface area contributed by atoms with Crippen molar-refractivity contribution < 1.29 is 44.2 Å². The fraction of sp³-hybridized carbons (Fsp3) is 0.333. The van der Waals surface area contributed by atoms with Crippen LogP contribution < -0.4 is 10.5 Å². The molecule has 2 aliphatic carbocycles. The van der Waals surface area contributed by atoms with Gasteiger partial charge in [-0.05, 0) is 25.1 Å². The van der Waals surface area contributed by atoms with Gasteiger partial charge in [0.1, 0.15) is 27.9 Å². The van der Waals surface area contributed by atoms with Gasteiger partial charge in [-0.15, -0.1) is 11.3 Å². The monoisotopic (exact) mass is 645 g/mol.